The molecule has 2 heterocycles. The minimum atomic E-state index is -0.0480. The summed E-state index contributed by atoms with van der Waals surface area (Å²) >= 11 is 0. The number of nitrogens with zero attached hydrogens (tertiary/aromatic N) is 2. The van der Waals surface area contributed by atoms with Gasteiger partial charge in [-0.15, -0.1) is 0 Å². The molecule has 3 rings (SSSR count). The molecule has 5 heteroatoms. The summed E-state index contributed by atoms with van der Waals surface area (Å²) < 4.78 is 6.48. The molecule has 102 valence electrons. The molecule has 20 heavy (non-hydrogen) atoms. The third-order valence-electron chi connectivity index (χ3n) is 3.17. The van der Waals surface area contributed by atoms with Crippen LogP contribution in [0.4, 0.5) is 0 Å². The van der Waals surface area contributed by atoms with E-state index >= 15 is 0 Å². The second kappa shape index (κ2) is 5.71. The minimum absolute atomic E-state index is 0.0480. The summed E-state index contributed by atoms with van der Waals surface area (Å²) in [6.07, 6.45) is 5.08. The van der Waals surface area contributed by atoms with Crippen molar-refractivity contribution in [1.82, 2.24) is 15.1 Å². The molecule has 0 saturated carbocycles. The summed E-state index contributed by atoms with van der Waals surface area (Å²) in [6.45, 7) is 1.94. The van der Waals surface area contributed by atoms with Gasteiger partial charge in [-0.3, -0.25) is 4.79 Å². The van der Waals surface area contributed by atoms with E-state index in [0.29, 0.717) is 18.5 Å². The molecule has 0 bridgehead atoms. The average Bonchev–Trinajstić information content (AvgIpc) is 2.99. The Kier molecular flexibility index (Phi) is 3.60. The fraction of sp³-hybridized carbons (Fsp3) is 0.200. The normalized spacial score (nSPS) is 11.0. The van der Waals surface area contributed by atoms with Crippen molar-refractivity contribution in [3.8, 4) is 0 Å². The molecule has 0 amide bonds. The monoisotopic (exact) mass is 269 g/mol. The van der Waals surface area contributed by atoms with E-state index in [4.69, 9.17) is 4.42 Å². The Morgan fingerprint density at radius 2 is 2.15 bits per heavy atom. The number of furan rings is 1. The summed E-state index contributed by atoms with van der Waals surface area (Å²) in [4.78, 5) is 12.2. The van der Waals surface area contributed by atoms with E-state index in [-0.39, 0.29) is 5.56 Å². The van der Waals surface area contributed by atoms with E-state index in [0.717, 1.165) is 17.5 Å². The predicted molar refractivity (Wildman–Crippen MR) is 76.4 cm³/mol. The fourth-order valence-electron chi connectivity index (χ4n) is 2.10. The number of hydrogen-bond acceptors (Lipinski definition) is 4. The molecule has 0 atom stereocenters. The maximum Gasteiger partial charge on any atom is 0.274 e. The standard InChI is InChI=1S/C15H15N3O2/c19-15-14-4-2-1-3-13(14)10-17-18(15)7-6-16-9-12-5-8-20-11-12/h1-5,8,10-11,16H,6-7,9H2. The highest BCUT2D eigenvalue weighted by Gasteiger charge is 2.02. The Bertz CT molecular complexity index is 747. The number of hydrogen-bond donors (Lipinski definition) is 1. The highest BCUT2D eigenvalue weighted by atomic mass is 16.3. The van der Waals surface area contributed by atoms with Gasteiger partial charge in [-0.1, -0.05) is 18.2 Å². The van der Waals surface area contributed by atoms with E-state index in [1.807, 2.05) is 30.3 Å². The summed E-state index contributed by atoms with van der Waals surface area (Å²) in [7, 11) is 0. The summed E-state index contributed by atoms with van der Waals surface area (Å²) in [5, 5.41) is 9.02. The fourth-order valence-corrected chi connectivity index (χ4v) is 2.10. The molecule has 0 saturated heterocycles. The van der Waals surface area contributed by atoms with Gasteiger partial charge in [0.2, 0.25) is 0 Å². The molecule has 0 radical (unpaired) electrons. The van der Waals surface area contributed by atoms with Gasteiger partial charge in [-0.05, 0) is 12.1 Å². The molecule has 0 aliphatic rings. The molecule has 3 aromatic rings. The zero-order valence-corrected chi connectivity index (χ0v) is 11.0. The number of fused-ring (bicyclic) bond motifs is 1. The van der Waals surface area contributed by atoms with E-state index < -0.39 is 0 Å². The van der Waals surface area contributed by atoms with Gasteiger partial charge >= 0.3 is 0 Å². The predicted octanol–water partition coefficient (Wildman–Crippen LogP) is 1.78. The molecule has 1 N–H and O–H groups in total. The zero-order chi connectivity index (χ0) is 13.8. The van der Waals surface area contributed by atoms with Crippen LogP contribution in [0.5, 0.6) is 0 Å². The van der Waals surface area contributed by atoms with Crippen LogP contribution < -0.4 is 10.9 Å². The Labute approximate surface area is 115 Å². The summed E-state index contributed by atoms with van der Waals surface area (Å²) in [6, 6.07) is 9.40. The van der Waals surface area contributed by atoms with Crippen molar-refractivity contribution < 1.29 is 4.42 Å². The zero-order valence-electron chi connectivity index (χ0n) is 11.0. The molecule has 0 aliphatic heterocycles. The average molecular weight is 269 g/mol. The van der Waals surface area contributed by atoms with Crippen LogP contribution >= 0.6 is 0 Å². The highest BCUT2D eigenvalue weighted by Crippen LogP contribution is 2.06. The van der Waals surface area contributed by atoms with Gasteiger partial charge < -0.3 is 9.73 Å². The van der Waals surface area contributed by atoms with Gasteiger partial charge in [0.25, 0.3) is 5.56 Å². The second-order valence-electron chi connectivity index (χ2n) is 4.57. The molecule has 1 aromatic carbocycles. The molecule has 0 aliphatic carbocycles. The van der Waals surface area contributed by atoms with E-state index in [2.05, 4.69) is 10.4 Å². The first-order valence-electron chi connectivity index (χ1n) is 6.51. The SMILES string of the molecule is O=c1c2ccccc2cnn1CCNCc1ccoc1. The first kappa shape index (κ1) is 12.6. The molecular formula is C15H15N3O2. The van der Waals surface area contributed by atoms with Crippen molar-refractivity contribution >= 4 is 10.8 Å². The first-order chi connectivity index (χ1) is 9.84. The Balaban J connectivity index is 1.66. The van der Waals surface area contributed by atoms with Crippen molar-refractivity contribution in [2.45, 2.75) is 13.1 Å². The van der Waals surface area contributed by atoms with Crippen LogP contribution in [-0.4, -0.2) is 16.3 Å². The Morgan fingerprint density at radius 3 is 3.00 bits per heavy atom. The van der Waals surface area contributed by atoms with Crippen LogP contribution in [0.25, 0.3) is 10.8 Å². The van der Waals surface area contributed by atoms with Gasteiger partial charge in [0.15, 0.2) is 0 Å². The third kappa shape index (κ3) is 2.62. The van der Waals surface area contributed by atoms with Gasteiger partial charge in [-0.25, -0.2) is 4.68 Å². The van der Waals surface area contributed by atoms with Crippen molar-refractivity contribution in [1.29, 1.82) is 0 Å². The molecule has 5 nitrogen and oxygen atoms in total. The van der Waals surface area contributed by atoms with E-state index in [1.165, 1.54) is 4.68 Å². The third-order valence-corrected chi connectivity index (χ3v) is 3.17. The van der Waals surface area contributed by atoms with Crippen molar-refractivity contribution in [2.24, 2.45) is 0 Å². The Hall–Kier alpha value is -2.40. The van der Waals surface area contributed by atoms with Crippen LogP contribution in [0.15, 0.2) is 58.3 Å². The largest absolute Gasteiger partial charge is 0.472 e. The van der Waals surface area contributed by atoms with Crippen LogP contribution in [0.1, 0.15) is 5.56 Å². The Morgan fingerprint density at radius 1 is 1.25 bits per heavy atom. The second-order valence-corrected chi connectivity index (χ2v) is 4.57. The topological polar surface area (TPSA) is 60.1 Å². The van der Waals surface area contributed by atoms with Gasteiger partial charge in [-0.2, -0.15) is 5.10 Å². The molecule has 2 aromatic heterocycles. The molecular weight excluding hydrogens is 254 g/mol. The minimum Gasteiger partial charge on any atom is -0.472 e. The van der Waals surface area contributed by atoms with Crippen molar-refractivity contribution in [3.05, 3.63) is 65.0 Å². The number of nitrogens with one attached hydrogen (secondary N) is 1. The lowest BCUT2D eigenvalue weighted by atomic mass is 10.2. The number of aromatic nitrogens is 2. The van der Waals surface area contributed by atoms with E-state index in [1.54, 1.807) is 18.7 Å². The number of rotatable bonds is 5. The van der Waals surface area contributed by atoms with Crippen LogP contribution in [-0.2, 0) is 13.1 Å². The van der Waals surface area contributed by atoms with Gasteiger partial charge in [0, 0.05) is 24.0 Å². The lowest BCUT2D eigenvalue weighted by molar-refractivity contribution is 0.530. The van der Waals surface area contributed by atoms with Gasteiger partial charge in [0.05, 0.1) is 30.7 Å². The van der Waals surface area contributed by atoms with Gasteiger partial charge in [0.1, 0.15) is 0 Å². The lowest BCUT2D eigenvalue weighted by Crippen LogP contribution is -2.28. The van der Waals surface area contributed by atoms with Crippen LogP contribution in [0.2, 0.25) is 0 Å². The van der Waals surface area contributed by atoms with Crippen LogP contribution in [0, 0.1) is 0 Å². The lowest BCUT2D eigenvalue weighted by Gasteiger charge is -2.06. The summed E-state index contributed by atoms with van der Waals surface area (Å²) in [5.74, 6) is 0. The maximum absolute atomic E-state index is 12.2. The van der Waals surface area contributed by atoms with Crippen LogP contribution in [0.3, 0.4) is 0 Å². The quantitative estimate of drug-likeness (QED) is 0.717. The molecule has 0 spiro atoms. The van der Waals surface area contributed by atoms with Crippen molar-refractivity contribution in [2.75, 3.05) is 6.54 Å². The molecule has 0 unspecified atom stereocenters. The smallest absolute Gasteiger partial charge is 0.274 e. The first-order valence-corrected chi connectivity index (χ1v) is 6.51. The highest BCUT2D eigenvalue weighted by molar-refractivity contribution is 5.80. The van der Waals surface area contributed by atoms with E-state index in [9.17, 15) is 4.79 Å². The molecule has 0 fully saturated rings. The van der Waals surface area contributed by atoms with Crippen molar-refractivity contribution in [3.63, 3.8) is 0 Å². The maximum atomic E-state index is 12.2. The summed E-state index contributed by atoms with van der Waals surface area (Å²) in [5.41, 5.74) is 1.04. The number of benzene rings is 1.